The lowest BCUT2D eigenvalue weighted by Crippen LogP contribution is -2.35. The van der Waals surface area contributed by atoms with E-state index >= 15 is 0 Å². The molecule has 3 rings (SSSR count). The van der Waals surface area contributed by atoms with E-state index in [2.05, 4.69) is 49.8 Å². The zero-order chi connectivity index (χ0) is 17.4. The zero-order valence-corrected chi connectivity index (χ0v) is 15.2. The number of aromatic nitrogens is 3. The van der Waals surface area contributed by atoms with Crippen LogP contribution in [0.25, 0.3) is 11.0 Å². The van der Waals surface area contributed by atoms with Crippen molar-refractivity contribution in [1.29, 1.82) is 0 Å². The molecule has 0 unspecified atom stereocenters. The van der Waals surface area contributed by atoms with Gasteiger partial charge in [-0.25, -0.2) is 9.67 Å². The SMILES string of the molecule is CC(C)Cn1ncc2cc(C(=O)N3C[C@H](C)[C@@H](N(C)C)C3)cnc21. The minimum absolute atomic E-state index is 0.0669. The lowest BCUT2D eigenvalue weighted by molar-refractivity contribution is 0.0781. The van der Waals surface area contributed by atoms with Crippen molar-refractivity contribution < 1.29 is 4.79 Å². The van der Waals surface area contributed by atoms with E-state index in [0.717, 1.165) is 30.7 Å². The van der Waals surface area contributed by atoms with Gasteiger partial charge in [0.2, 0.25) is 0 Å². The molecule has 1 fully saturated rings. The van der Waals surface area contributed by atoms with Crippen LogP contribution in [-0.4, -0.2) is 63.7 Å². The Morgan fingerprint density at radius 1 is 1.33 bits per heavy atom. The van der Waals surface area contributed by atoms with E-state index in [1.807, 2.05) is 15.6 Å². The molecular weight excluding hydrogens is 302 g/mol. The Bertz CT molecular complexity index is 736. The molecule has 24 heavy (non-hydrogen) atoms. The molecule has 0 N–H and O–H groups in total. The average Bonchev–Trinajstić information content (AvgIpc) is 3.09. The molecule has 1 saturated heterocycles. The number of likely N-dealkylation sites (tertiary alicyclic amines) is 1. The number of amides is 1. The Kier molecular flexibility index (Phi) is 4.58. The summed E-state index contributed by atoms with van der Waals surface area (Å²) in [7, 11) is 4.15. The normalized spacial score (nSPS) is 21.4. The van der Waals surface area contributed by atoms with Crippen molar-refractivity contribution in [1.82, 2.24) is 24.6 Å². The number of hydrogen-bond acceptors (Lipinski definition) is 4. The molecule has 130 valence electrons. The van der Waals surface area contributed by atoms with Gasteiger partial charge in [0.05, 0.1) is 11.8 Å². The van der Waals surface area contributed by atoms with Gasteiger partial charge in [-0.3, -0.25) is 4.79 Å². The molecule has 0 radical (unpaired) electrons. The summed E-state index contributed by atoms with van der Waals surface area (Å²) in [5.41, 5.74) is 1.50. The Morgan fingerprint density at radius 3 is 2.71 bits per heavy atom. The molecule has 6 nitrogen and oxygen atoms in total. The second-order valence-corrected chi connectivity index (χ2v) is 7.58. The summed E-state index contributed by atoms with van der Waals surface area (Å²) < 4.78 is 1.91. The highest BCUT2D eigenvalue weighted by Gasteiger charge is 2.34. The standard InChI is InChI=1S/C18H27N5O/c1-12(2)9-23-17-14(8-20-23)6-15(7-19-17)18(24)22-10-13(3)16(11-22)21(4)5/h6-8,12-13,16H,9-11H2,1-5H3/t13-,16-/m0/s1. The van der Waals surface area contributed by atoms with Crippen molar-refractivity contribution in [3.63, 3.8) is 0 Å². The number of carbonyl (C=O) groups excluding carboxylic acids is 1. The third-order valence-corrected chi connectivity index (χ3v) is 4.78. The van der Waals surface area contributed by atoms with Crippen molar-refractivity contribution in [2.24, 2.45) is 11.8 Å². The smallest absolute Gasteiger partial charge is 0.255 e. The predicted molar refractivity (Wildman–Crippen MR) is 94.9 cm³/mol. The number of nitrogens with zero attached hydrogens (tertiary/aromatic N) is 5. The molecule has 2 aromatic heterocycles. The number of rotatable bonds is 4. The quantitative estimate of drug-likeness (QED) is 0.862. The number of pyridine rings is 1. The van der Waals surface area contributed by atoms with Gasteiger partial charge in [0, 0.05) is 37.3 Å². The maximum absolute atomic E-state index is 12.8. The monoisotopic (exact) mass is 329 g/mol. The summed E-state index contributed by atoms with van der Waals surface area (Å²) in [5.74, 6) is 1.05. The number of fused-ring (bicyclic) bond motifs is 1. The third kappa shape index (κ3) is 3.15. The van der Waals surface area contributed by atoms with Crippen molar-refractivity contribution in [2.75, 3.05) is 27.2 Å². The Balaban J connectivity index is 1.81. The molecule has 6 heteroatoms. The zero-order valence-electron chi connectivity index (χ0n) is 15.2. The summed E-state index contributed by atoms with van der Waals surface area (Å²) in [5, 5.41) is 5.33. The van der Waals surface area contributed by atoms with Crippen LogP contribution in [0, 0.1) is 11.8 Å². The Labute approximate surface area is 143 Å². The van der Waals surface area contributed by atoms with Crippen LogP contribution in [-0.2, 0) is 6.54 Å². The van der Waals surface area contributed by atoms with Crippen LogP contribution in [0.2, 0.25) is 0 Å². The van der Waals surface area contributed by atoms with Gasteiger partial charge in [0.25, 0.3) is 5.91 Å². The Morgan fingerprint density at radius 2 is 2.08 bits per heavy atom. The molecule has 0 saturated carbocycles. The number of carbonyl (C=O) groups is 1. The molecular formula is C18H27N5O. The lowest BCUT2D eigenvalue weighted by atomic mass is 10.1. The molecule has 1 aliphatic rings. The van der Waals surface area contributed by atoms with Crippen LogP contribution in [0.5, 0.6) is 0 Å². The largest absolute Gasteiger partial charge is 0.337 e. The van der Waals surface area contributed by atoms with E-state index in [4.69, 9.17) is 0 Å². The fraction of sp³-hybridized carbons (Fsp3) is 0.611. The fourth-order valence-corrected chi connectivity index (χ4v) is 3.54. The van der Waals surface area contributed by atoms with Crippen molar-refractivity contribution in [3.8, 4) is 0 Å². The Hall–Kier alpha value is -1.95. The fourth-order valence-electron chi connectivity index (χ4n) is 3.54. The van der Waals surface area contributed by atoms with E-state index in [0.29, 0.717) is 23.4 Å². The second-order valence-electron chi connectivity index (χ2n) is 7.58. The number of hydrogen-bond donors (Lipinski definition) is 0. The maximum Gasteiger partial charge on any atom is 0.255 e. The molecule has 2 atom stereocenters. The van der Waals surface area contributed by atoms with Crippen LogP contribution >= 0.6 is 0 Å². The van der Waals surface area contributed by atoms with Crippen molar-refractivity contribution in [3.05, 3.63) is 24.0 Å². The van der Waals surface area contributed by atoms with Crippen LogP contribution in [0.3, 0.4) is 0 Å². The summed E-state index contributed by atoms with van der Waals surface area (Å²) in [6.45, 7) is 8.92. The van der Waals surface area contributed by atoms with E-state index in [1.54, 1.807) is 12.4 Å². The molecule has 0 aromatic carbocycles. The summed E-state index contributed by atoms with van der Waals surface area (Å²) in [6.07, 6.45) is 3.49. The van der Waals surface area contributed by atoms with Crippen LogP contribution in [0.1, 0.15) is 31.1 Å². The average molecular weight is 329 g/mol. The van der Waals surface area contributed by atoms with Crippen molar-refractivity contribution in [2.45, 2.75) is 33.4 Å². The van der Waals surface area contributed by atoms with Crippen LogP contribution < -0.4 is 0 Å². The summed E-state index contributed by atoms with van der Waals surface area (Å²) in [4.78, 5) is 21.5. The van der Waals surface area contributed by atoms with Gasteiger partial charge in [-0.1, -0.05) is 20.8 Å². The first-order chi connectivity index (χ1) is 11.4. The summed E-state index contributed by atoms with van der Waals surface area (Å²) >= 11 is 0. The molecule has 0 spiro atoms. The van der Waals surface area contributed by atoms with Gasteiger partial charge in [-0.15, -0.1) is 0 Å². The second kappa shape index (κ2) is 6.51. The minimum Gasteiger partial charge on any atom is -0.337 e. The first-order valence-corrected chi connectivity index (χ1v) is 8.64. The van der Waals surface area contributed by atoms with Crippen LogP contribution in [0.4, 0.5) is 0 Å². The van der Waals surface area contributed by atoms with Gasteiger partial charge in [0.15, 0.2) is 5.65 Å². The van der Waals surface area contributed by atoms with Gasteiger partial charge in [-0.05, 0) is 32.0 Å². The van der Waals surface area contributed by atoms with E-state index in [1.165, 1.54) is 0 Å². The molecule has 1 aliphatic heterocycles. The lowest BCUT2D eigenvalue weighted by Gasteiger charge is -2.22. The van der Waals surface area contributed by atoms with Gasteiger partial charge < -0.3 is 9.80 Å². The topological polar surface area (TPSA) is 54.3 Å². The third-order valence-electron chi connectivity index (χ3n) is 4.78. The van der Waals surface area contributed by atoms with E-state index in [9.17, 15) is 4.79 Å². The molecule has 3 heterocycles. The van der Waals surface area contributed by atoms with Crippen LogP contribution in [0.15, 0.2) is 18.5 Å². The number of likely N-dealkylation sites (N-methyl/N-ethyl adjacent to an activating group) is 1. The first kappa shape index (κ1) is 16.9. The maximum atomic E-state index is 12.8. The first-order valence-electron chi connectivity index (χ1n) is 8.64. The van der Waals surface area contributed by atoms with Gasteiger partial charge in [-0.2, -0.15) is 5.10 Å². The van der Waals surface area contributed by atoms with E-state index < -0.39 is 0 Å². The predicted octanol–water partition coefficient (Wildman–Crippen LogP) is 2.11. The molecule has 0 aliphatic carbocycles. The van der Waals surface area contributed by atoms with E-state index in [-0.39, 0.29) is 5.91 Å². The minimum atomic E-state index is 0.0669. The molecule has 1 amide bonds. The van der Waals surface area contributed by atoms with Gasteiger partial charge in [0.1, 0.15) is 0 Å². The molecule has 2 aromatic rings. The highest BCUT2D eigenvalue weighted by Crippen LogP contribution is 2.23. The summed E-state index contributed by atoms with van der Waals surface area (Å²) in [6, 6.07) is 2.33. The molecule has 0 bridgehead atoms. The highest BCUT2D eigenvalue weighted by atomic mass is 16.2. The van der Waals surface area contributed by atoms with Crippen molar-refractivity contribution >= 4 is 16.9 Å². The van der Waals surface area contributed by atoms with Gasteiger partial charge >= 0.3 is 0 Å². The highest BCUT2D eigenvalue weighted by molar-refractivity contribution is 5.97.